The Bertz CT molecular complexity index is 804. The molecule has 5 heteroatoms. The van der Waals surface area contributed by atoms with E-state index in [-0.39, 0.29) is 0 Å². The van der Waals surface area contributed by atoms with E-state index >= 15 is 0 Å². The van der Waals surface area contributed by atoms with Crippen LogP contribution in [0.25, 0.3) is 0 Å². The molecule has 1 aromatic heterocycles. The summed E-state index contributed by atoms with van der Waals surface area (Å²) < 4.78 is 5.32. The number of anilines is 1. The lowest BCUT2D eigenvalue weighted by Gasteiger charge is -2.28. The van der Waals surface area contributed by atoms with Crippen LogP contribution < -0.4 is 9.64 Å². The molecule has 26 heavy (non-hydrogen) atoms. The first-order valence-electron chi connectivity index (χ1n) is 9.39. The third-order valence-corrected chi connectivity index (χ3v) is 6.13. The van der Waals surface area contributed by atoms with E-state index in [9.17, 15) is 0 Å². The first-order valence-corrected chi connectivity index (χ1v) is 9.39. The van der Waals surface area contributed by atoms with Crippen LogP contribution in [0.5, 0.6) is 5.75 Å². The van der Waals surface area contributed by atoms with Gasteiger partial charge in [0.1, 0.15) is 17.4 Å². The first kappa shape index (κ1) is 17.3. The van der Waals surface area contributed by atoms with E-state index in [0.29, 0.717) is 17.9 Å². The van der Waals surface area contributed by atoms with Crippen LogP contribution in [0.15, 0.2) is 24.3 Å². The van der Waals surface area contributed by atoms with Gasteiger partial charge in [0.25, 0.3) is 0 Å². The highest BCUT2D eigenvalue weighted by molar-refractivity contribution is 5.50. The number of ether oxygens (including phenoxy) is 1. The van der Waals surface area contributed by atoms with Crippen molar-refractivity contribution in [3.63, 3.8) is 0 Å². The molecule has 0 spiro atoms. The van der Waals surface area contributed by atoms with E-state index in [2.05, 4.69) is 59.9 Å². The summed E-state index contributed by atoms with van der Waals surface area (Å²) in [6, 6.07) is 9.04. The minimum Gasteiger partial charge on any atom is -0.497 e. The summed E-state index contributed by atoms with van der Waals surface area (Å²) in [5.41, 5.74) is 3.69. The van der Waals surface area contributed by atoms with E-state index in [4.69, 9.17) is 9.72 Å². The van der Waals surface area contributed by atoms with Crippen molar-refractivity contribution in [3.05, 3.63) is 46.9 Å². The van der Waals surface area contributed by atoms with Gasteiger partial charge in [-0.05, 0) is 51.4 Å². The number of hydrogen-bond acceptors (Lipinski definition) is 5. The summed E-state index contributed by atoms with van der Waals surface area (Å²) in [4.78, 5) is 14.3. The third kappa shape index (κ3) is 2.84. The molecule has 0 saturated carbocycles. The fourth-order valence-electron chi connectivity index (χ4n) is 4.79. The summed E-state index contributed by atoms with van der Waals surface area (Å²) in [7, 11) is 3.97. The molecule has 0 bridgehead atoms. The van der Waals surface area contributed by atoms with Crippen molar-refractivity contribution in [2.75, 3.05) is 38.7 Å². The molecule has 138 valence electrons. The van der Waals surface area contributed by atoms with Gasteiger partial charge in [0.15, 0.2) is 0 Å². The molecule has 5 nitrogen and oxygen atoms in total. The van der Waals surface area contributed by atoms with E-state index in [1.54, 1.807) is 7.11 Å². The van der Waals surface area contributed by atoms with E-state index < -0.39 is 0 Å². The number of aromatic nitrogens is 2. The Hall–Kier alpha value is -2.14. The van der Waals surface area contributed by atoms with Gasteiger partial charge >= 0.3 is 0 Å². The zero-order valence-electron chi connectivity index (χ0n) is 16.4. The summed E-state index contributed by atoms with van der Waals surface area (Å²) >= 11 is 0. The number of fused-ring (bicyclic) bond motifs is 1. The second-order valence-corrected chi connectivity index (χ2v) is 7.79. The average Bonchev–Trinajstić information content (AvgIpc) is 3.14. The molecular formula is C21H28N4O. The molecule has 0 radical (unpaired) electrons. The van der Waals surface area contributed by atoms with Crippen LogP contribution in [0.4, 0.5) is 5.82 Å². The molecule has 3 heterocycles. The molecule has 3 atom stereocenters. The van der Waals surface area contributed by atoms with Gasteiger partial charge in [0.05, 0.1) is 7.11 Å². The fourth-order valence-corrected chi connectivity index (χ4v) is 4.79. The molecule has 4 rings (SSSR count). The van der Waals surface area contributed by atoms with Gasteiger partial charge in [-0.25, -0.2) is 9.97 Å². The van der Waals surface area contributed by atoms with Crippen molar-refractivity contribution in [1.82, 2.24) is 14.9 Å². The minimum absolute atomic E-state index is 0.459. The van der Waals surface area contributed by atoms with Gasteiger partial charge in [0, 0.05) is 42.9 Å². The maximum Gasteiger partial charge on any atom is 0.135 e. The van der Waals surface area contributed by atoms with Crippen molar-refractivity contribution >= 4 is 5.82 Å². The Morgan fingerprint density at radius 2 is 1.73 bits per heavy atom. The molecule has 2 aromatic rings. The minimum atomic E-state index is 0.459. The van der Waals surface area contributed by atoms with Gasteiger partial charge < -0.3 is 9.64 Å². The van der Waals surface area contributed by atoms with Gasteiger partial charge in [-0.2, -0.15) is 0 Å². The molecule has 0 unspecified atom stereocenters. The zero-order valence-corrected chi connectivity index (χ0v) is 16.4. The van der Waals surface area contributed by atoms with Gasteiger partial charge in [-0.1, -0.05) is 12.1 Å². The van der Waals surface area contributed by atoms with E-state index in [0.717, 1.165) is 42.7 Å². The molecule has 0 aliphatic carbocycles. The Morgan fingerprint density at radius 3 is 2.42 bits per heavy atom. The van der Waals surface area contributed by atoms with Crippen molar-refractivity contribution < 1.29 is 4.74 Å². The van der Waals surface area contributed by atoms with Crippen LogP contribution >= 0.6 is 0 Å². The van der Waals surface area contributed by atoms with Crippen molar-refractivity contribution in [2.24, 2.45) is 11.8 Å². The highest BCUT2D eigenvalue weighted by atomic mass is 16.5. The Labute approximate surface area is 156 Å². The van der Waals surface area contributed by atoms with Crippen LogP contribution in [-0.2, 0) is 0 Å². The van der Waals surface area contributed by atoms with Crippen LogP contribution in [-0.4, -0.2) is 48.7 Å². The van der Waals surface area contributed by atoms with E-state index in [1.165, 1.54) is 11.1 Å². The van der Waals surface area contributed by atoms with Crippen LogP contribution in [0.1, 0.15) is 28.7 Å². The molecule has 0 amide bonds. The van der Waals surface area contributed by atoms with Gasteiger partial charge in [-0.3, -0.25) is 4.90 Å². The third-order valence-electron chi connectivity index (χ3n) is 6.13. The highest BCUT2D eigenvalue weighted by Gasteiger charge is 2.46. The van der Waals surface area contributed by atoms with Crippen molar-refractivity contribution in [1.29, 1.82) is 0 Å². The first-order chi connectivity index (χ1) is 12.5. The smallest absolute Gasteiger partial charge is 0.135 e. The Kier molecular flexibility index (Phi) is 4.35. The molecule has 2 aliphatic heterocycles. The number of nitrogens with zero attached hydrogens (tertiary/aromatic N) is 4. The molecule has 2 fully saturated rings. The van der Waals surface area contributed by atoms with Gasteiger partial charge in [-0.15, -0.1) is 0 Å². The summed E-state index contributed by atoms with van der Waals surface area (Å²) in [6.45, 7) is 9.49. The summed E-state index contributed by atoms with van der Waals surface area (Å²) in [6.07, 6.45) is 0. The standard InChI is InChI=1S/C21H28N4O/c1-13-14(2)22-15(3)23-21(13)25-11-17-10-24(4)20(19(17)12-25)16-6-8-18(26-5)9-7-16/h6-9,17,19-20H,10-12H2,1-5H3/t17-,19+,20-/m0/s1. The number of hydrogen-bond donors (Lipinski definition) is 0. The lowest BCUT2D eigenvalue weighted by atomic mass is 9.89. The molecular weight excluding hydrogens is 324 g/mol. The zero-order chi connectivity index (χ0) is 18.4. The number of rotatable bonds is 3. The summed E-state index contributed by atoms with van der Waals surface area (Å²) in [5, 5.41) is 0. The lowest BCUT2D eigenvalue weighted by Crippen LogP contribution is -2.30. The topological polar surface area (TPSA) is 41.5 Å². The van der Waals surface area contributed by atoms with Crippen LogP contribution in [0, 0.1) is 32.6 Å². The van der Waals surface area contributed by atoms with Crippen molar-refractivity contribution in [2.45, 2.75) is 26.8 Å². The fraction of sp³-hybridized carbons (Fsp3) is 0.524. The highest BCUT2D eigenvalue weighted by Crippen LogP contribution is 2.45. The second kappa shape index (κ2) is 6.54. The maximum absolute atomic E-state index is 5.32. The number of methoxy groups -OCH3 is 1. The number of benzene rings is 1. The molecule has 0 N–H and O–H groups in total. The summed E-state index contributed by atoms with van der Waals surface area (Å²) in [5.74, 6) is 4.22. The predicted molar refractivity (Wildman–Crippen MR) is 104 cm³/mol. The van der Waals surface area contributed by atoms with Crippen LogP contribution in [0.2, 0.25) is 0 Å². The normalized spacial score (nSPS) is 25.6. The molecule has 2 aliphatic rings. The van der Waals surface area contributed by atoms with Crippen LogP contribution in [0.3, 0.4) is 0 Å². The average molecular weight is 352 g/mol. The largest absolute Gasteiger partial charge is 0.497 e. The quantitative estimate of drug-likeness (QED) is 0.849. The number of likely N-dealkylation sites (tertiary alicyclic amines) is 1. The van der Waals surface area contributed by atoms with Gasteiger partial charge in [0.2, 0.25) is 0 Å². The maximum atomic E-state index is 5.32. The second-order valence-electron chi connectivity index (χ2n) is 7.79. The Balaban J connectivity index is 1.60. The predicted octanol–water partition coefficient (Wildman–Crippen LogP) is 3.15. The number of aryl methyl sites for hydroxylation is 2. The van der Waals surface area contributed by atoms with Crippen molar-refractivity contribution in [3.8, 4) is 5.75 Å². The Morgan fingerprint density at radius 1 is 1.00 bits per heavy atom. The lowest BCUT2D eigenvalue weighted by molar-refractivity contribution is 0.279. The monoisotopic (exact) mass is 352 g/mol. The van der Waals surface area contributed by atoms with E-state index in [1.807, 2.05) is 6.92 Å². The SMILES string of the molecule is COc1ccc([C@H]2[C@@H]3CN(c4nc(C)nc(C)c4C)C[C@@H]3CN2C)cc1. The molecule has 1 aromatic carbocycles. The molecule has 2 saturated heterocycles.